The molecule has 1 aromatic carbocycles. The summed E-state index contributed by atoms with van der Waals surface area (Å²) in [6.07, 6.45) is 1.19. The molecule has 0 amide bonds. The maximum atomic E-state index is 3.45. The summed E-state index contributed by atoms with van der Waals surface area (Å²) >= 11 is 0. The average molecular weight is 275 g/mol. The van der Waals surface area contributed by atoms with Gasteiger partial charge in [0, 0.05) is 38.8 Å². The third kappa shape index (κ3) is 4.58. The Balaban J connectivity index is 1.81. The zero-order chi connectivity index (χ0) is 14.4. The maximum Gasteiger partial charge on any atom is 0.0234 e. The van der Waals surface area contributed by atoms with Crippen LogP contribution in [0, 0.1) is 0 Å². The Bertz CT molecular complexity index is 388. The topological polar surface area (TPSA) is 18.5 Å². The number of nitrogens with zero attached hydrogens (tertiary/aromatic N) is 2. The highest BCUT2D eigenvalue weighted by Gasteiger charge is 2.20. The summed E-state index contributed by atoms with van der Waals surface area (Å²) in [6, 6.07) is 9.76. The van der Waals surface area contributed by atoms with Crippen LogP contribution in [0.25, 0.3) is 0 Å². The van der Waals surface area contributed by atoms with Crippen LogP contribution >= 0.6 is 0 Å². The van der Waals surface area contributed by atoms with E-state index in [2.05, 4.69) is 60.3 Å². The third-order valence-electron chi connectivity index (χ3n) is 4.23. The molecule has 20 heavy (non-hydrogen) atoms. The second-order valence-corrected chi connectivity index (χ2v) is 6.06. The molecule has 1 heterocycles. The van der Waals surface area contributed by atoms with Crippen LogP contribution in [0.4, 0.5) is 0 Å². The zero-order valence-electron chi connectivity index (χ0n) is 13.2. The number of nitrogens with one attached hydrogen (secondary N) is 1. The van der Waals surface area contributed by atoms with Gasteiger partial charge in [0.05, 0.1) is 0 Å². The number of likely N-dealkylation sites (N-methyl/N-ethyl adjacent to an activating group) is 1. The molecule has 0 saturated carbocycles. The van der Waals surface area contributed by atoms with Gasteiger partial charge in [-0.2, -0.15) is 0 Å². The molecule has 0 radical (unpaired) electrons. The smallest absolute Gasteiger partial charge is 0.0234 e. The van der Waals surface area contributed by atoms with Crippen LogP contribution in [0.15, 0.2) is 24.3 Å². The number of benzene rings is 1. The molecule has 1 saturated heterocycles. The van der Waals surface area contributed by atoms with Gasteiger partial charge in [-0.1, -0.05) is 31.2 Å². The minimum absolute atomic E-state index is 0.668. The Morgan fingerprint density at radius 2 is 1.85 bits per heavy atom. The lowest BCUT2D eigenvalue weighted by molar-refractivity contribution is 0.1000. The fourth-order valence-electron chi connectivity index (χ4n) is 2.70. The molecule has 0 bridgehead atoms. The van der Waals surface area contributed by atoms with Crippen molar-refractivity contribution in [3.8, 4) is 0 Å². The predicted octanol–water partition coefficient (Wildman–Crippen LogP) is 2.32. The first-order valence-electron chi connectivity index (χ1n) is 7.90. The lowest BCUT2D eigenvalue weighted by Gasteiger charge is -2.37. The molecule has 0 aliphatic carbocycles. The van der Waals surface area contributed by atoms with Crippen molar-refractivity contribution in [1.29, 1.82) is 0 Å². The van der Waals surface area contributed by atoms with Crippen LogP contribution < -0.4 is 5.32 Å². The van der Waals surface area contributed by atoms with Gasteiger partial charge in [-0.3, -0.25) is 4.90 Å². The minimum Gasteiger partial charge on any atom is -0.313 e. The van der Waals surface area contributed by atoms with Gasteiger partial charge in [0.25, 0.3) is 0 Å². The monoisotopic (exact) mass is 275 g/mol. The van der Waals surface area contributed by atoms with E-state index >= 15 is 0 Å². The summed E-state index contributed by atoms with van der Waals surface area (Å²) in [7, 11) is 2.22. The fraction of sp³-hybridized carbons (Fsp3) is 0.647. The highest BCUT2D eigenvalue weighted by atomic mass is 15.3. The molecule has 3 nitrogen and oxygen atoms in total. The van der Waals surface area contributed by atoms with Crippen molar-refractivity contribution in [2.75, 3.05) is 33.2 Å². The molecule has 1 unspecified atom stereocenters. The second-order valence-electron chi connectivity index (χ2n) is 6.06. The normalized spacial score (nSPS) is 21.2. The Kier molecular flexibility index (Phi) is 6.02. The Hall–Kier alpha value is -0.900. The van der Waals surface area contributed by atoms with Crippen molar-refractivity contribution in [3.63, 3.8) is 0 Å². The summed E-state index contributed by atoms with van der Waals surface area (Å²) in [5.41, 5.74) is 2.81. The average Bonchev–Trinajstić information content (AvgIpc) is 2.45. The number of hydrogen-bond acceptors (Lipinski definition) is 3. The first-order valence-corrected chi connectivity index (χ1v) is 7.90. The highest BCUT2D eigenvalue weighted by molar-refractivity contribution is 5.22. The first kappa shape index (κ1) is 15.5. The van der Waals surface area contributed by atoms with Gasteiger partial charge in [-0.25, -0.2) is 0 Å². The summed E-state index contributed by atoms with van der Waals surface area (Å²) in [5.74, 6) is 0. The molecule has 1 aliphatic heterocycles. The van der Waals surface area contributed by atoms with E-state index in [1.807, 2.05) is 0 Å². The second kappa shape index (κ2) is 7.77. The van der Waals surface area contributed by atoms with Crippen molar-refractivity contribution in [2.24, 2.45) is 0 Å². The van der Waals surface area contributed by atoms with Crippen LogP contribution in [0.3, 0.4) is 0 Å². The molecule has 1 atom stereocenters. The first-order chi connectivity index (χ1) is 9.69. The molecule has 0 spiro atoms. The molecule has 1 aromatic rings. The molecule has 3 heteroatoms. The molecule has 1 N–H and O–H groups in total. The molecule has 1 aliphatic rings. The predicted molar refractivity (Wildman–Crippen MR) is 85.8 cm³/mol. The van der Waals surface area contributed by atoms with Gasteiger partial charge in [0.15, 0.2) is 0 Å². The van der Waals surface area contributed by atoms with Crippen molar-refractivity contribution in [3.05, 3.63) is 35.4 Å². The number of hydrogen-bond donors (Lipinski definition) is 1. The third-order valence-corrected chi connectivity index (χ3v) is 4.23. The van der Waals surface area contributed by atoms with E-state index in [-0.39, 0.29) is 0 Å². The Labute approximate surface area is 124 Å². The largest absolute Gasteiger partial charge is 0.313 e. The van der Waals surface area contributed by atoms with Crippen LogP contribution in [-0.2, 0) is 13.1 Å². The molecular weight excluding hydrogens is 246 g/mol. The SMILES string of the molecule is CCCNCc1ccc(CN2CCN(C)C(C)C2)cc1. The standard InChI is InChI=1S/C17H29N3/c1-4-9-18-12-16-5-7-17(8-6-16)14-20-11-10-19(3)15(2)13-20/h5-8,15,18H,4,9-14H2,1-3H3. The Morgan fingerprint density at radius 1 is 1.15 bits per heavy atom. The number of rotatable bonds is 6. The summed E-state index contributed by atoms with van der Waals surface area (Å²) in [6.45, 7) is 11.2. The lowest BCUT2D eigenvalue weighted by atomic mass is 10.1. The molecular formula is C17H29N3. The summed E-state index contributed by atoms with van der Waals surface area (Å²) in [4.78, 5) is 5.01. The maximum absolute atomic E-state index is 3.45. The van der Waals surface area contributed by atoms with Crippen LogP contribution in [0.2, 0.25) is 0 Å². The van der Waals surface area contributed by atoms with E-state index in [4.69, 9.17) is 0 Å². The lowest BCUT2D eigenvalue weighted by Crippen LogP contribution is -2.49. The minimum atomic E-state index is 0.668. The molecule has 0 aromatic heterocycles. The molecule has 112 valence electrons. The van der Waals surface area contributed by atoms with Gasteiger partial charge < -0.3 is 10.2 Å². The van der Waals surface area contributed by atoms with E-state index < -0.39 is 0 Å². The van der Waals surface area contributed by atoms with Crippen molar-refractivity contribution in [2.45, 2.75) is 39.4 Å². The van der Waals surface area contributed by atoms with Crippen molar-refractivity contribution in [1.82, 2.24) is 15.1 Å². The van der Waals surface area contributed by atoms with E-state index in [9.17, 15) is 0 Å². The summed E-state index contributed by atoms with van der Waals surface area (Å²) < 4.78 is 0. The Morgan fingerprint density at radius 3 is 2.50 bits per heavy atom. The fourth-order valence-corrected chi connectivity index (χ4v) is 2.70. The number of piperazine rings is 1. The van der Waals surface area contributed by atoms with E-state index in [0.29, 0.717) is 6.04 Å². The zero-order valence-corrected chi connectivity index (χ0v) is 13.2. The highest BCUT2D eigenvalue weighted by Crippen LogP contribution is 2.12. The van der Waals surface area contributed by atoms with E-state index in [1.165, 1.54) is 37.2 Å². The summed E-state index contributed by atoms with van der Waals surface area (Å²) in [5, 5.41) is 3.45. The molecule has 2 rings (SSSR count). The van der Waals surface area contributed by atoms with E-state index in [1.54, 1.807) is 0 Å². The van der Waals surface area contributed by atoms with Crippen molar-refractivity contribution >= 4 is 0 Å². The van der Waals surface area contributed by atoms with Crippen LogP contribution in [0.5, 0.6) is 0 Å². The van der Waals surface area contributed by atoms with Gasteiger partial charge in [0.1, 0.15) is 0 Å². The van der Waals surface area contributed by atoms with Crippen LogP contribution in [0.1, 0.15) is 31.4 Å². The van der Waals surface area contributed by atoms with Crippen molar-refractivity contribution < 1.29 is 0 Å². The molecule has 1 fully saturated rings. The van der Waals surface area contributed by atoms with Gasteiger partial charge in [-0.15, -0.1) is 0 Å². The van der Waals surface area contributed by atoms with E-state index in [0.717, 1.165) is 19.6 Å². The van der Waals surface area contributed by atoms with Gasteiger partial charge in [0.2, 0.25) is 0 Å². The quantitative estimate of drug-likeness (QED) is 0.804. The van der Waals surface area contributed by atoms with Crippen LogP contribution in [-0.4, -0.2) is 49.1 Å². The van der Waals surface area contributed by atoms with Gasteiger partial charge in [-0.05, 0) is 38.1 Å². The van der Waals surface area contributed by atoms with Gasteiger partial charge >= 0.3 is 0 Å².